The van der Waals surface area contributed by atoms with Crippen molar-refractivity contribution in [2.45, 2.75) is 37.8 Å². The highest BCUT2D eigenvalue weighted by Gasteiger charge is 2.29. The first kappa shape index (κ1) is 9.21. The molecule has 0 bridgehead atoms. The molecule has 9 heavy (non-hydrogen) atoms. The van der Waals surface area contributed by atoms with E-state index in [2.05, 4.69) is 0 Å². The zero-order valence-corrected chi connectivity index (χ0v) is 6.45. The Morgan fingerprint density at radius 1 is 1.67 bits per heavy atom. The van der Waals surface area contributed by atoms with Crippen LogP contribution in [0.4, 0.5) is 0 Å². The van der Waals surface area contributed by atoms with Gasteiger partial charge in [0, 0.05) is 5.54 Å². The summed E-state index contributed by atoms with van der Waals surface area (Å²) in [6.45, 7) is 1.99. The molecule has 2 unspecified atom stereocenters. The number of rotatable bonds is 0. The third kappa shape index (κ3) is 2.52. The van der Waals surface area contributed by atoms with Crippen molar-refractivity contribution in [1.82, 2.24) is 0 Å². The molecule has 0 aromatic heterocycles. The molecule has 0 aromatic carbocycles. The smallest absolute Gasteiger partial charge is 0.0558 e. The lowest BCUT2D eigenvalue weighted by Gasteiger charge is -2.14. The minimum Gasteiger partial charge on any atom is -0.393 e. The van der Waals surface area contributed by atoms with Gasteiger partial charge in [-0.2, -0.15) is 0 Å². The molecular formula is C6H14ClNO. The summed E-state index contributed by atoms with van der Waals surface area (Å²) in [5.74, 6) is 0. The van der Waals surface area contributed by atoms with Gasteiger partial charge in [0.15, 0.2) is 0 Å². The topological polar surface area (TPSA) is 46.2 Å². The van der Waals surface area contributed by atoms with Crippen molar-refractivity contribution < 1.29 is 5.11 Å². The number of nitrogens with two attached hydrogens (primary N) is 1. The van der Waals surface area contributed by atoms with Crippen LogP contribution in [0.3, 0.4) is 0 Å². The largest absolute Gasteiger partial charge is 0.393 e. The first-order valence-corrected chi connectivity index (χ1v) is 3.07. The monoisotopic (exact) mass is 151 g/mol. The van der Waals surface area contributed by atoms with E-state index in [1.807, 2.05) is 6.92 Å². The van der Waals surface area contributed by atoms with Gasteiger partial charge in [-0.05, 0) is 26.2 Å². The van der Waals surface area contributed by atoms with E-state index < -0.39 is 0 Å². The molecule has 1 aliphatic rings. The predicted octanol–water partition coefficient (Wildman–Crippen LogP) is 0.670. The van der Waals surface area contributed by atoms with Gasteiger partial charge in [0.05, 0.1) is 6.10 Å². The molecule has 0 radical (unpaired) electrons. The van der Waals surface area contributed by atoms with E-state index in [-0.39, 0.29) is 24.0 Å². The van der Waals surface area contributed by atoms with Gasteiger partial charge in [0.2, 0.25) is 0 Å². The van der Waals surface area contributed by atoms with Crippen molar-refractivity contribution in [2.24, 2.45) is 5.73 Å². The Bertz CT molecular complexity index is 95.1. The molecule has 0 aromatic rings. The summed E-state index contributed by atoms with van der Waals surface area (Å²) in [7, 11) is 0. The van der Waals surface area contributed by atoms with Crippen LogP contribution in [0, 0.1) is 0 Å². The molecule has 3 N–H and O–H groups in total. The summed E-state index contributed by atoms with van der Waals surface area (Å²) in [5, 5.41) is 8.98. The highest BCUT2D eigenvalue weighted by Crippen LogP contribution is 2.26. The number of hydrogen-bond donors (Lipinski definition) is 2. The standard InChI is InChI=1S/C6H13NO.ClH/c1-6(7)3-2-5(8)4-6;/h5,8H,2-4,7H2,1H3;1H. The molecule has 1 aliphatic carbocycles. The van der Waals surface area contributed by atoms with Gasteiger partial charge in [0.1, 0.15) is 0 Å². The van der Waals surface area contributed by atoms with Crippen molar-refractivity contribution in [3.05, 3.63) is 0 Å². The Morgan fingerprint density at radius 2 is 2.22 bits per heavy atom. The van der Waals surface area contributed by atoms with Gasteiger partial charge in [-0.3, -0.25) is 0 Å². The summed E-state index contributed by atoms with van der Waals surface area (Å²) in [6.07, 6.45) is 2.48. The van der Waals surface area contributed by atoms with Crippen LogP contribution < -0.4 is 5.73 Å². The van der Waals surface area contributed by atoms with Crippen LogP contribution in [0.1, 0.15) is 26.2 Å². The van der Waals surface area contributed by atoms with E-state index in [0.29, 0.717) is 0 Å². The second kappa shape index (κ2) is 2.86. The lowest BCUT2D eigenvalue weighted by molar-refractivity contribution is 0.176. The van der Waals surface area contributed by atoms with Crippen molar-refractivity contribution in [1.29, 1.82) is 0 Å². The van der Waals surface area contributed by atoms with Crippen molar-refractivity contribution in [2.75, 3.05) is 0 Å². The Morgan fingerprint density at radius 3 is 2.33 bits per heavy atom. The molecule has 1 saturated carbocycles. The van der Waals surface area contributed by atoms with E-state index in [9.17, 15) is 0 Å². The third-order valence-electron chi connectivity index (χ3n) is 1.75. The van der Waals surface area contributed by atoms with Crippen LogP contribution in [0.2, 0.25) is 0 Å². The summed E-state index contributed by atoms with van der Waals surface area (Å²) in [5.41, 5.74) is 5.62. The molecular weight excluding hydrogens is 138 g/mol. The first-order valence-electron chi connectivity index (χ1n) is 3.07. The SMILES string of the molecule is CC1(N)CCC(O)C1.Cl. The van der Waals surface area contributed by atoms with Gasteiger partial charge < -0.3 is 10.8 Å². The Balaban J connectivity index is 0.000000640. The maximum absolute atomic E-state index is 8.98. The predicted molar refractivity (Wildman–Crippen MR) is 39.7 cm³/mol. The normalized spacial score (nSPS) is 42.3. The summed E-state index contributed by atoms with van der Waals surface area (Å²) in [4.78, 5) is 0. The van der Waals surface area contributed by atoms with Gasteiger partial charge in [-0.25, -0.2) is 0 Å². The quantitative estimate of drug-likeness (QED) is 0.535. The van der Waals surface area contributed by atoms with E-state index in [4.69, 9.17) is 10.8 Å². The number of aliphatic hydroxyl groups excluding tert-OH is 1. The lowest BCUT2D eigenvalue weighted by atomic mass is 10.0. The van der Waals surface area contributed by atoms with Crippen LogP contribution in [0.25, 0.3) is 0 Å². The van der Waals surface area contributed by atoms with Crippen LogP contribution in [-0.2, 0) is 0 Å². The molecule has 2 nitrogen and oxygen atoms in total. The van der Waals surface area contributed by atoms with Crippen LogP contribution in [-0.4, -0.2) is 16.7 Å². The maximum atomic E-state index is 8.98. The van der Waals surface area contributed by atoms with Gasteiger partial charge in [-0.1, -0.05) is 0 Å². The van der Waals surface area contributed by atoms with Crippen LogP contribution >= 0.6 is 12.4 Å². The zero-order chi connectivity index (χ0) is 6.20. The van der Waals surface area contributed by atoms with E-state index >= 15 is 0 Å². The third-order valence-corrected chi connectivity index (χ3v) is 1.75. The van der Waals surface area contributed by atoms with Crippen molar-refractivity contribution in [3.63, 3.8) is 0 Å². The summed E-state index contributed by atoms with van der Waals surface area (Å²) in [6, 6.07) is 0. The Hall–Kier alpha value is 0.210. The highest BCUT2D eigenvalue weighted by atomic mass is 35.5. The molecule has 1 fully saturated rings. The maximum Gasteiger partial charge on any atom is 0.0558 e. The summed E-state index contributed by atoms with van der Waals surface area (Å²) < 4.78 is 0. The molecule has 0 saturated heterocycles. The van der Waals surface area contributed by atoms with Crippen molar-refractivity contribution >= 4 is 12.4 Å². The first-order chi connectivity index (χ1) is 3.60. The highest BCUT2D eigenvalue weighted by molar-refractivity contribution is 5.85. The molecule has 56 valence electrons. The van der Waals surface area contributed by atoms with E-state index in [1.165, 1.54) is 0 Å². The van der Waals surface area contributed by atoms with Crippen LogP contribution in [0.15, 0.2) is 0 Å². The number of halogens is 1. The molecule has 3 heteroatoms. The minimum absolute atomic E-state index is 0. The minimum atomic E-state index is -0.134. The van der Waals surface area contributed by atoms with Gasteiger partial charge >= 0.3 is 0 Å². The number of aliphatic hydroxyl groups is 1. The molecule has 0 spiro atoms. The number of hydrogen-bond acceptors (Lipinski definition) is 2. The Labute approximate surface area is 61.8 Å². The molecule has 1 rings (SSSR count). The van der Waals surface area contributed by atoms with Crippen molar-refractivity contribution in [3.8, 4) is 0 Å². The molecule has 0 amide bonds. The van der Waals surface area contributed by atoms with Gasteiger partial charge in [-0.15, -0.1) is 12.4 Å². The lowest BCUT2D eigenvalue weighted by Crippen LogP contribution is -2.32. The van der Waals surface area contributed by atoms with E-state index in [1.54, 1.807) is 0 Å². The van der Waals surface area contributed by atoms with E-state index in [0.717, 1.165) is 19.3 Å². The second-order valence-electron chi connectivity index (χ2n) is 3.05. The fourth-order valence-corrected chi connectivity index (χ4v) is 1.24. The second-order valence-corrected chi connectivity index (χ2v) is 3.05. The molecule has 2 atom stereocenters. The Kier molecular flexibility index (Phi) is 2.93. The van der Waals surface area contributed by atoms with Gasteiger partial charge in [0.25, 0.3) is 0 Å². The average Bonchev–Trinajstić information content (AvgIpc) is 1.82. The molecule has 0 aliphatic heterocycles. The fraction of sp³-hybridized carbons (Fsp3) is 1.00. The average molecular weight is 152 g/mol. The zero-order valence-electron chi connectivity index (χ0n) is 5.63. The fourth-order valence-electron chi connectivity index (χ4n) is 1.24. The van der Waals surface area contributed by atoms with Crippen LogP contribution in [0.5, 0.6) is 0 Å². The summed E-state index contributed by atoms with van der Waals surface area (Å²) >= 11 is 0. The molecule has 0 heterocycles.